The van der Waals surface area contributed by atoms with E-state index in [2.05, 4.69) is 32.6 Å². The third kappa shape index (κ3) is 6.44. The molecule has 2 fully saturated rings. The van der Waals surface area contributed by atoms with Gasteiger partial charge in [-0.3, -0.25) is 0 Å². The standard InChI is InChI=1S/C18H31N5O.HI/c1-2-19-18(20-14-16-10-13-24-22-16)21-15-8-11-23(12-9-15)17-6-4-3-5-7-17;/h10,13,15,17H,2-9,11-12,14H2,1H3,(H2,19,20,21);1H. The Hall–Kier alpha value is -0.830. The molecular formula is C18H32IN5O. The van der Waals surface area contributed by atoms with Crippen molar-refractivity contribution in [3.8, 4) is 0 Å². The summed E-state index contributed by atoms with van der Waals surface area (Å²) in [6, 6.07) is 3.21. The fraction of sp³-hybridized carbons (Fsp3) is 0.778. The van der Waals surface area contributed by atoms with E-state index < -0.39 is 0 Å². The van der Waals surface area contributed by atoms with Gasteiger partial charge < -0.3 is 20.1 Å². The molecule has 1 aromatic rings. The number of aliphatic imine (C=N–C) groups is 1. The highest BCUT2D eigenvalue weighted by Gasteiger charge is 2.26. The minimum absolute atomic E-state index is 0. The molecule has 3 rings (SSSR count). The zero-order valence-corrected chi connectivity index (χ0v) is 17.6. The van der Waals surface area contributed by atoms with Crippen molar-refractivity contribution in [2.24, 2.45) is 4.99 Å². The molecule has 1 saturated carbocycles. The van der Waals surface area contributed by atoms with Gasteiger partial charge in [-0.15, -0.1) is 24.0 Å². The number of hydrogen-bond donors (Lipinski definition) is 2. The highest BCUT2D eigenvalue weighted by molar-refractivity contribution is 14.0. The Balaban J connectivity index is 0.00000225. The van der Waals surface area contributed by atoms with E-state index in [1.165, 1.54) is 58.0 Å². The first kappa shape index (κ1) is 20.5. The van der Waals surface area contributed by atoms with Crippen molar-refractivity contribution in [2.45, 2.75) is 70.5 Å². The topological polar surface area (TPSA) is 65.7 Å². The molecule has 0 aromatic carbocycles. The number of rotatable bonds is 5. The van der Waals surface area contributed by atoms with Crippen molar-refractivity contribution in [1.29, 1.82) is 0 Å². The fourth-order valence-corrected chi connectivity index (χ4v) is 3.85. The quantitative estimate of drug-likeness (QED) is 0.401. The number of nitrogens with one attached hydrogen (secondary N) is 2. The molecule has 0 amide bonds. The highest BCUT2D eigenvalue weighted by atomic mass is 127. The van der Waals surface area contributed by atoms with Crippen LogP contribution in [0.25, 0.3) is 0 Å². The molecule has 25 heavy (non-hydrogen) atoms. The molecule has 142 valence electrons. The van der Waals surface area contributed by atoms with Crippen LogP contribution >= 0.6 is 24.0 Å². The normalized spacial score (nSPS) is 20.9. The molecule has 0 atom stereocenters. The van der Waals surface area contributed by atoms with Gasteiger partial charge in [0.05, 0.1) is 6.54 Å². The largest absolute Gasteiger partial charge is 0.364 e. The van der Waals surface area contributed by atoms with E-state index in [1.54, 1.807) is 6.26 Å². The summed E-state index contributed by atoms with van der Waals surface area (Å²) in [6.45, 7) is 5.94. The first-order valence-electron chi connectivity index (χ1n) is 9.53. The molecule has 0 spiro atoms. The number of aromatic nitrogens is 1. The minimum Gasteiger partial charge on any atom is -0.364 e. The number of guanidine groups is 1. The Morgan fingerprint density at radius 2 is 2.00 bits per heavy atom. The van der Waals surface area contributed by atoms with E-state index in [1.807, 2.05) is 6.07 Å². The lowest BCUT2D eigenvalue weighted by atomic mass is 9.92. The number of hydrogen-bond acceptors (Lipinski definition) is 4. The Morgan fingerprint density at radius 3 is 2.64 bits per heavy atom. The van der Waals surface area contributed by atoms with Crippen LogP contribution in [0.15, 0.2) is 21.8 Å². The van der Waals surface area contributed by atoms with Gasteiger partial charge in [-0.25, -0.2) is 4.99 Å². The maximum absolute atomic E-state index is 4.86. The third-order valence-electron chi connectivity index (χ3n) is 5.20. The summed E-state index contributed by atoms with van der Waals surface area (Å²) >= 11 is 0. The summed E-state index contributed by atoms with van der Waals surface area (Å²) < 4.78 is 4.86. The average Bonchev–Trinajstić information content (AvgIpc) is 3.15. The Morgan fingerprint density at radius 1 is 1.24 bits per heavy atom. The lowest BCUT2D eigenvalue weighted by Gasteiger charge is -2.39. The molecule has 1 aromatic heterocycles. The third-order valence-corrected chi connectivity index (χ3v) is 5.20. The lowest BCUT2D eigenvalue weighted by Crippen LogP contribution is -2.50. The van der Waals surface area contributed by atoms with Crippen LogP contribution in [0.1, 0.15) is 57.6 Å². The van der Waals surface area contributed by atoms with Gasteiger partial charge in [-0.05, 0) is 32.6 Å². The SMILES string of the molecule is CCNC(=NCc1ccon1)NC1CCN(C2CCCCC2)CC1.I. The number of piperidine rings is 1. The highest BCUT2D eigenvalue weighted by Crippen LogP contribution is 2.25. The van der Waals surface area contributed by atoms with Crippen LogP contribution < -0.4 is 10.6 Å². The van der Waals surface area contributed by atoms with E-state index in [4.69, 9.17) is 4.52 Å². The summed E-state index contributed by atoms with van der Waals surface area (Å²) in [7, 11) is 0. The van der Waals surface area contributed by atoms with Crippen LogP contribution in [0, 0.1) is 0 Å². The Labute approximate surface area is 168 Å². The molecule has 0 unspecified atom stereocenters. The molecule has 1 aliphatic heterocycles. The number of nitrogens with zero attached hydrogens (tertiary/aromatic N) is 3. The van der Waals surface area contributed by atoms with Gasteiger partial charge in [0.1, 0.15) is 12.0 Å². The molecule has 7 heteroatoms. The van der Waals surface area contributed by atoms with E-state index in [9.17, 15) is 0 Å². The van der Waals surface area contributed by atoms with Gasteiger partial charge >= 0.3 is 0 Å². The molecule has 2 N–H and O–H groups in total. The van der Waals surface area contributed by atoms with Crippen LogP contribution in [0.4, 0.5) is 0 Å². The van der Waals surface area contributed by atoms with Gasteiger partial charge in [0.25, 0.3) is 0 Å². The van der Waals surface area contributed by atoms with E-state index in [0.717, 1.165) is 24.2 Å². The average molecular weight is 461 g/mol. The van der Waals surface area contributed by atoms with Gasteiger partial charge in [-0.1, -0.05) is 24.4 Å². The maximum Gasteiger partial charge on any atom is 0.191 e. The van der Waals surface area contributed by atoms with Crippen LogP contribution in [0.3, 0.4) is 0 Å². The van der Waals surface area contributed by atoms with Crippen molar-refractivity contribution in [1.82, 2.24) is 20.7 Å². The summed E-state index contributed by atoms with van der Waals surface area (Å²) in [6.07, 6.45) is 11.1. The van der Waals surface area contributed by atoms with Gasteiger partial charge in [0.15, 0.2) is 5.96 Å². The first-order chi connectivity index (χ1) is 11.8. The van der Waals surface area contributed by atoms with E-state index in [0.29, 0.717) is 12.6 Å². The van der Waals surface area contributed by atoms with Crippen molar-refractivity contribution in [2.75, 3.05) is 19.6 Å². The van der Waals surface area contributed by atoms with Crippen molar-refractivity contribution in [3.05, 3.63) is 18.0 Å². The molecular weight excluding hydrogens is 429 g/mol. The van der Waals surface area contributed by atoms with Crippen LogP contribution in [-0.4, -0.2) is 47.7 Å². The van der Waals surface area contributed by atoms with Crippen LogP contribution in [-0.2, 0) is 6.54 Å². The monoisotopic (exact) mass is 461 g/mol. The Kier molecular flexibility index (Phi) is 9.02. The molecule has 2 aliphatic rings. The molecule has 0 radical (unpaired) electrons. The summed E-state index contributed by atoms with van der Waals surface area (Å²) in [5.41, 5.74) is 0.860. The second kappa shape index (κ2) is 11.0. The second-order valence-corrected chi connectivity index (χ2v) is 6.93. The fourth-order valence-electron chi connectivity index (χ4n) is 3.85. The Bertz CT molecular complexity index is 494. The van der Waals surface area contributed by atoms with Gasteiger partial charge in [-0.2, -0.15) is 0 Å². The van der Waals surface area contributed by atoms with E-state index >= 15 is 0 Å². The zero-order valence-electron chi connectivity index (χ0n) is 15.2. The molecule has 0 bridgehead atoms. The van der Waals surface area contributed by atoms with Gasteiger partial charge in [0, 0.05) is 37.8 Å². The second-order valence-electron chi connectivity index (χ2n) is 6.93. The number of likely N-dealkylation sites (tertiary alicyclic amines) is 1. The van der Waals surface area contributed by atoms with Crippen molar-refractivity contribution >= 4 is 29.9 Å². The van der Waals surface area contributed by atoms with Crippen LogP contribution in [0.2, 0.25) is 0 Å². The predicted octanol–water partition coefficient (Wildman–Crippen LogP) is 3.14. The molecule has 2 heterocycles. The van der Waals surface area contributed by atoms with Crippen molar-refractivity contribution < 1.29 is 4.52 Å². The minimum atomic E-state index is 0. The smallest absolute Gasteiger partial charge is 0.191 e. The lowest BCUT2D eigenvalue weighted by molar-refractivity contribution is 0.119. The zero-order chi connectivity index (χ0) is 16.6. The molecule has 1 aliphatic carbocycles. The first-order valence-corrected chi connectivity index (χ1v) is 9.53. The van der Waals surface area contributed by atoms with Crippen molar-refractivity contribution in [3.63, 3.8) is 0 Å². The summed E-state index contributed by atoms with van der Waals surface area (Å²) in [5.74, 6) is 0.886. The predicted molar refractivity (Wildman–Crippen MR) is 111 cm³/mol. The molecule has 1 saturated heterocycles. The maximum atomic E-state index is 4.86. The van der Waals surface area contributed by atoms with E-state index in [-0.39, 0.29) is 24.0 Å². The summed E-state index contributed by atoms with van der Waals surface area (Å²) in [5, 5.41) is 10.8. The molecule has 6 nitrogen and oxygen atoms in total. The summed E-state index contributed by atoms with van der Waals surface area (Å²) in [4.78, 5) is 7.34. The van der Waals surface area contributed by atoms with Crippen LogP contribution in [0.5, 0.6) is 0 Å². The number of halogens is 1. The van der Waals surface area contributed by atoms with Gasteiger partial charge in [0.2, 0.25) is 0 Å².